The summed E-state index contributed by atoms with van der Waals surface area (Å²) in [4.78, 5) is 28.4. The van der Waals surface area contributed by atoms with Crippen molar-refractivity contribution in [2.75, 3.05) is 5.32 Å². The summed E-state index contributed by atoms with van der Waals surface area (Å²) < 4.78 is 14.0. The maximum atomic E-state index is 13.0. The minimum atomic E-state index is -0.348. The highest BCUT2D eigenvalue weighted by atomic mass is 32.1. The lowest BCUT2D eigenvalue weighted by Gasteiger charge is -2.30. The van der Waals surface area contributed by atoms with Crippen molar-refractivity contribution in [2.24, 2.45) is 0 Å². The Labute approximate surface area is 172 Å². The molecule has 2 N–H and O–H groups in total. The van der Waals surface area contributed by atoms with E-state index >= 15 is 0 Å². The van der Waals surface area contributed by atoms with Crippen molar-refractivity contribution in [2.45, 2.75) is 44.7 Å². The molecule has 0 radical (unpaired) electrons. The number of para-hydroxylation sites is 1. The molecule has 3 aromatic rings. The van der Waals surface area contributed by atoms with E-state index in [0.29, 0.717) is 16.6 Å². The van der Waals surface area contributed by atoms with Crippen LogP contribution in [0.3, 0.4) is 0 Å². The molecule has 0 aliphatic heterocycles. The standard InChI is InChI=1S/C22H22FN3O2S/c1-13(27)22-26-20-18(3-2-4-19(20)29-22)24-16-9-11-17(12-10-16)25-21(28)14-5-7-15(23)8-6-14/h2-8,16-17,24H,9-12H2,1H3,(H,25,28)/t16-,17+. The fourth-order valence-corrected chi connectivity index (χ4v) is 4.58. The number of nitrogens with zero attached hydrogens (tertiary/aromatic N) is 1. The fraction of sp³-hybridized carbons (Fsp3) is 0.318. The average Bonchev–Trinajstić information content (AvgIpc) is 3.16. The molecular weight excluding hydrogens is 389 g/mol. The van der Waals surface area contributed by atoms with Crippen molar-refractivity contribution < 1.29 is 14.0 Å². The van der Waals surface area contributed by atoms with E-state index in [9.17, 15) is 14.0 Å². The van der Waals surface area contributed by atoms with Gasteiger partial charge in [0.25, 0.3) is 5.91 Å². The van der Waals surface area contributed by atoms with Crippen LogP contribution in [0, 0.1) is 5.82 Å². The molecule has 0 bridgehead atoms. The summed E-state index contributed by atoms with van der Waals surface area (Å²) >= 11 is 1.42. The van der Waals surface area contributed by atoms with Crippen LogP contribution >= 0.6 is 11.3 Å². The van der Waals surface area contributed by atoms with Crippen LogP contribution < -0.4 is 10.6 Å². The second-order valence-corrected chi connectivity index (χ2v) is 8.43. The third-order valence-electron chi connectivity index (χ3n) is 5.25. The van der Waals surface area contributed by atoms with Crippen molar-refractivity contribution >= 4 is 38.9 Å². The Morgan fingerprint density at radius 2 is 1.72 bits per heavy atom. The number of thiazole rings is 1. The molecule has 0 unspecified atom stereocenters. The number of ketones is 1. The van der Waals surface area contributed by atoms with Crippen LogP contribution in [0.25, 0.3) is 10.2 Å². The van der Waals surface area contributed by atoms with Gasteiger partial charge in [-0.1, -0.05) is 6.07 Å². The molecule has 4 rings (SSSR count). The van der Waals surface area contributed by atoms with E-state index in [1.165, 1.54) is 42.5 Å². The van der Waals surface area contributed by atoms with Gasteiger partial charge in [-0.3, -0.25) is 9.59 Å². The van der Waals surface area contributed by atoms with Crippen LogP contribution in [0.4, 0.5) is 10.1 Å². The lowest BCUT2D eigenvalue weighted by Crippen LogP contribution is -2.40. The molecular formula is C22H22FN3O2S. The molecule has 0 atom stereocenters. The Balaban J connectivity index is 1.35. The predicted molar refractivity (Wildman–Crippen MR) is 113 cm³/mol. The molecule has 0 spiro atoms. The molecule has 1 fully saturated rings. The molecule has 1 aliphatic rings. The summed E-state index contributed by atoms with van der Waals surface area (Å²) in [6.45, 7) is 1.53. The summed E-state index contributed by atoms with van der Waals surface area (Å²) in [5.41, 5.74) is 2.27. The first kappa shape index (κ1) is 19.5. The third-order valence-corrected chi connectivity index (χ3v) is 6.37. The second kappa shape index (κ2) is 8.29. The van der Waals surface area contributed by atoms with Gasteiger partial charge in [-0.2, -0.15) is 0 Å². The number of hydrogen-bond donors (Lipinski definition) is 2. The number of Topliss-reactive ketones (excluding diaryl/α,β-unsaturated/α-hetero) is 1. The van der Waals surface area contributed by atoms with E-state index in [0.717, 1.165) is 41.6 Å². The van der Waals surface area contributed by atoms with Gasteiger partial charge >= 0.3 is 0 Å². The Kier molecular flexibility index (Phi) is 5.58. The number of carbonyl (C=O) groups excluding carboxylic acids is 2. The van der Waals surface area contributed by atoms with Crippen molar-refractivity contribution in [1.29, 1.82) is 0 Å². The zero-order chi connectivity index (χ0) is 20.4. The molecule has 1 aliphatic carbocycles. The number of anilines is 1. The van der Waals surface area contributed by atoms with Crippen LogP contribution in [-0.4, -0.2) is 28.8 Å². The number of hydrogen-bond acceptors (Lipinski definition) is 5. The maximum absolute atomic E-state index is 13.0. The Bertz CT molecular complexity index is 1040. The summed E-state index contributed by atoms with van der Waals surface area (Å²) in [7, 11) is 0. The number of fused-ring (bicyclic) bond motifs is 1. The molecule has 150 valence electrons. The maximum Gasteiger partial charge on any atom is 0.251 e. The van der Waals surface area contributed by atoms with Crippen LogP contribution in [0.5, 0.6) is 0 Å². The van der Waals surface area contributed by atoms with Gasteiger partial charge in [0.2, 0.25) is 0 Å². The van der Waals surface area contributed by atoms with E-state index in [2.05, 4.69) is 15.6 Å². The lowest BCUT2D eigenvalue weighted by atomic mass is 9.90. The zero-order valence-corrected chi connectivity index (χ0v) is 16.9. The van der Waals surface area contributed by atoms with Gasteiger partial charge in [0.1, 0.15) is 11.3 Å². The normalized spacial score (nSPS) is 19.1. The predicted octanol–water partition coefficient (Wildman–Crippen LogP) is 4.79. The summed E-state index contributed by atoms with van der Waals surface area (Å²) in [5, 5.41) is 7.14. The Hall–Kier alpha value is -2.80. The Morgan fingerprint density at radius 1 is 1.03 bits per heavy atom. The number of nitrogens with one attached hydrogen (secondary N) is 2. The number of halogens is 1. The zero-order valence-electron chi connectivity index (χ0n) is 16.1. The molecule has 5 nitrogen and oxygen atoms in total. The van der Waals surface area contributed by atoms with Crippen molar-refractivity contribution in [3.63, 3.8) is 0 Å². The van der Waals surface area contributed by atoms with Gasteiger partial charge < -0.3 is 10.6 Å². The molecule has 1 amide bonds. The smallest absolute Gasteiger partial charge is 0.251 e. The monoisotopic (exact) mass is 411 g/mol. The molecule has 2 aromatic carbocycles. The van der Waals surface area contributed by atoms with E-state index in [-0.39, 0.29) is 23.5 Å². The first-order valence-electron chi connectivity index (χ1n) is 9.73. The fourth-order valence-electron chi connectivity index (χ4n) is 3.69. The highest BCUT2D eigenvalue weighted by Crippen LogP contribution is 2.31. The van der Waals surface area contributed by atoms with E-state index in [4.69, 9.17) is 0 Å². The molecule has 29 heavy (non-hydrogen) atoms. The van der Waals surface area contributed by atoms with Crippen LogP contribution in [-0.2, 0) is 0 Å². The number of carbonyl (C=O) groups is 2. The summed E-state index contributed by atoms with van der Waals surface area (Å²) in [6, 6.07) is 12.0. The van der Waals surface area contributed by atoms with Gasteiger partial charge in [0, 0.05) is 24.6 Å². The summed E-state index contributed by atoms with van der Waals surface area (Å²) in [5.74, 6) is -0.529. The quantitative estimate of drug-likeness (QED) is 0.592. The molecule has 1 heterocycles. The molecule has 1 saturated carbocycles. The van der Waals surface area contributed by atoms with Crippen LogP contribution in [0.2, 0.25) is 0 Å². The van der Waals surface area contributed by atoms with Gasteiger partial charge in [0.15, 0.2) is 10.8 Å². The Morgan fingerprint density at radius 3 is 2.41 bits per heavy atom. The molecule has 7 heteroatoms. The van der Waals surface area contributed by atoms with E-state index in [1.54, 1.807) is 0 Å². The first-order chi connectivity index (χ1) is 14.0. The first-order valence-corrected chi connectivity index (χ1v) is 10.5. The minimum Gasteiger partial charge on any atom is -0.381 e. The number of amides is 1. The SMILES string of the molecule is CC(=O)c1nc2c(N[C@H]3CC[C@@H](NC(=O)c4ccc(F)cc4)CC3)cccc2s1. The number of rotatable bonds is 5. The van der Waals surface area contributed by atoms with Crippen LogP contribution in [0.15, 0.2) is 42.5 Å². The van der Waals surface area contributed by atoms with Gasteiger partial charge in [-0.25, -0.2) is 9.37 Å². The van der Waals surface area contributed by atoms with Crippen molar-refractivity contribution in [3.05, 3.63) is 58.9 Å². The van der Waals surface area contributed by atoms with Crippen molar-refractivity contribution in [3.8, 4) is 0 Å². The van der Waals surface area contributed by atoms with Crippen LogP contribution in [0.1, 0.15) is 52.8 Å². The second-order valence-electron chi connectivity index (χ2n) is 7.40. The molecule has 1 aromatic heterocycles. The summed E-state index contributed by atoms with van der Waals surface area (Å²) in [6.07, 6.45) is 3.59. The average molecular weight is 412 g/mol. The number of benzene rings is 2. The highest BCUT2D eigenvalue weighted by molar-refractivity contribution is 7.20. The van der Waals surface area contributed by atoms with E-state index in [1.807, 2.05) is 18.2 Å². The minimum absolute atomic E-state index is 0.0189. The van der Waals surface area contributed by atoms with E-state index < -0.39 is 0 Å². The molecule has 0 saturated heterocycles. The van der Waals surface area contributed by atoms with Crippen molar-refractivity contribution in [1.82, 2.24) is 10.3 Å². The highest BCUT2D eigenvalue weighted by Gasteiger charge is 2.23. The third kappa shape index (κ3) is 4.45. The largest absolute Gasteiger partial charge is 0.381 e. The lowest BCUT2D eigenvalue weighted by molar-refractivity contribution is 0.0925. The van der Waals surface area contributed by atoms with Gasteiger partial charge in [-0.05, 0) is 62.1 Å². The number of aromatic nitrogens is 1. The van der Waals surface area contributed by atoms with Gasteiger partial charge in [0.05, 0.1) is 10.4 Å². The topological polar surface area (TPSA) is 71.1 Å². The van der Waals surface area contributed by atoms with Gasteiger partial charge in [-0.15, -0.1) is 11.3 Å².